The molecule has 9 heteroatoms. The Kier molecular flexibility index (Phi) is 7.17. The predicted molar refractivity (Wildman–Crippen MR) is 145 cm³/mol. The molecule has 2 aromatic rings. The number of hydrogen-bond donors (Lipinski definition) is 3. The summed E-state index contributed by atoms with van der Waals surface area (Å²) in [4.78, 5) is 18.4. The molecular weight excluding hydrogens is 467 g/mol. The van der Waals surface area contributed by atoms with Crippen molar-refractivity contribution >= 4 is 23.1 Å². The van der Waals surface area contributed by atoms with E-state index in [2.05, 4.69) is 57.4 Å². The highest BCUT2D eigenvalue weighted by Gasteiger charge is 2.29. The Morgan fingerprint density at radius 2 is 2.03 bits per heavy atom. The minimum Gasteiger partial charge on any atom is -0.391 e. The summed E-state index contributed by atoms with van der Waals surface area (Å²) in [5, 5.41) is 14.7. The SMILES string of the molecule is CN/C(=C1/C=C(c2nc(Nc3ccc4c(n3)CCN(C3CCN(C)C3)C4)ncc2F)C=CC1=N)C(C)C. The standard InChI is InChI=1S/C28H35FN8/c1-17(2)26(31-3)21-13-18(5-7-23(21)30)27-22(29)14-32-28(35-27)34-25-8-6-19-15-37(12-10-24(19)33-25)20-9-11-36(4)16-20/h5-8,13-14,17,20,30-31H,9-12,15-16H2,1-4H3,(H,32,33,34,35)/b26-21-,30-23?. The van der Waals surface area contributed by atoms with Crippen molar-refractivity contribution in [3.8, 4) is 0 Å². The Balaban J connectivity index is 1.36. The highest BCUT2D eigenvalue weighted by molar-refractivity contribution is 6.13. The van der Waals surface area contributed by atoms with Crippen LogP contribution in [-0.2, 0) is 13.0 Å². The molecule has 2 aliphatic heterocycles. The molecule has 3 aliphatic rings. The van der Waals surface area contributed by atoms with Gasteiger partial charge in [0.25, 0.3) is 0 Å². The van der Waals surface area contributed by atoms with Crippen LogP contribution >= 0.6 is 0 Å². The summed E-state index contributed by atoms with van der Waals surface area (Å²) in [5.41, 5.74) is 5.18. The first-order chi connectivity index (χ1) is 17.8. The molecule has 0 spiro atoms. The fraction of sp³-hybridized carbons (Fsp3) is 0.429. The number of pyridine rings is 1. The summed E-state index contributed by atoms with van der Waals surface area (Å²) in [6, 6.07) is 4.69. The van der Waals surface area contributed by atoms with Crippen LogP contribution in [0.3, 0.4) is 0 Å². The summed E-state index contributed by atoms with van der Waals surface area (Å²) in [5.74, 6) is 0.617. The lowest BCUT2D eigenvalue weighted by molar-refractivity contribution is 0.179. The van der Waals surface area contributed by atoms with Crippen LogP contribution in [0.4, 0.5) is 16.2 Å². The molecule has 37 heavy (non-hydrogen) atoms. The van der Waals surface area contributed by atoms with Gasteiger partial charge in [0.15, 0.2) is 5.82 Å². The van der Waals surface area contributed by atoms with E-state index in [4.69, 9.17) is 10.4 Å². The highest BCUT2D eigenvalue weighted by atomic mass is 19.1. The van der Waals surface area contributed by atoms with E-state index in [1.165, 1.54) is 18.2 Å². The molecule has 3 N–H and O–H groups in total. The van der Waals surface area contributed by atoms with Crippen LogP contribution < -0.4 is 10.6 Å². The van der Waals surface area contributed by atoms with Crippen molar-refractivity contribution in [2.24, 2.45) is 5.92 Å². The van der Waals surface area contributed by atoms with Gasteiger partial charge in [0.05, 0.1) is 11.9 Å². The normalized spacial score (nSPS) is 21.7. The fourth-order valence-corrected chi connectivity index (χ4v) is 5.42. The van der Waals surface area contributed by atoms with Gasteiger partial charge < -0.3 is 20.9 Å². The minimum absolute atomic E-state index is 0.188. The van der Waals surface area contributed by atoms with Crippen LogP contribution in [0.25, 0.3) is 5.57 Å². The summed E-state index contributed by atoms with van der Waals surface area (Å²) >= 11 is 0. The van der Waals surface area contributed by atoms with Crippen LogP contribution in [0.5, 0.6) is 0 Å². The number of hydrogen-bond acceptors (Lipinski definition) is 8. The van der Waals surface area contributed by atoms with Crippen LogP contribution in [0.1, 0.15) is 37.2 Å². The van der Waals surface area contributed by atoms with E-state index < -0.39 is 5.82 Å². The van der Waals surface area contributed by atoms with E-state index in [0.717, 1.165) is 49.6 Å². The fourth-order valence-electron chi connectivity index (χ4n) is 5.42. The molecule has 0 saturated carbocycles. The Labute approximate surface area is 217 Å². The van der Waals surface area contributed by atoms with Crippen molar-refractivity contribution in [2.45, 2.75) is 39.3 Å². The van der Waals surface area contributed by atoms with Crippen molar-refractivity contribution in [1.29, 1.82) is 5.41 Å². The molecule has 1 aliphatic carbocycles. The molecule has 5 rings (SSSR count). The number of likely N-dealkylation sites (tertiary alicyclic amines) is 1. The molecule has 0 aromatic carbocycles. The first kappa shape index (κ1) is 25.2. The molecule has 0 radical (unpaired) electrons. The van der Waals surface area contributed by atoms with Crippen molar-refractivity contribution < 1.29 is 4.39 Å². The lowest BCUT2D eigenvalue weighted by Crippen LogP contribution is -2.40. The van der Waals surface area contributed by atoms with E-state index in [0.29, 0.717) is 23.1 Å². The van der Waals surface area contributed by atoms with Gasteiger partial charge in [0, 0.05) is 61.7 Å². The summed E-state index contributed by atoms with van der Waals surface area (Å²) in [7, 11) is 4.03. The van der Waals surface area contributed by atoms with Crippen LogP contribution in [0.2, 0.25) is 0 Å². The number of anilines is 2. The third kappa shape index (κ3) is 5.33. The molecule has 0 bridgehead atoms. The molecule has 1 saturated heterocycles. The second-order valence-electron chi connectivity index (χ2n) is 10.3. The number of aromatic nitrogens is 3. The van der Waals surface area contributed by atoms with Crippen LogP contribution in [-0.4, -0.2) is 70.2 Å². The summed E-state index contributed by atoms with van der Waals surface area (Å²) in [6.07, 6.45) is 8.52. The van der Waals surface area contributed by atoms with Crippen LogP contribution in [0.15, 0.2) is 47.8 Å². The molecule has 194 valence electrons. The monoisotopic (exact) mass is 502 g/mol. The zero-order valence-corrected chi connectivity index (χ0v) is 22.0. The zero-order valence-electron chi connectivity index (χ0n) is 22.0. The van der Waals surface area contributed by atoms with Crippen LogP contribution in [0, 0.1) is 17.1 Å². The van der Waals surface area contributed by atoms with Gasteiger partial charge in [-0.2, -0.15) is 0 Å². The maximum absolute atomic E-state index is 14.8. The highest BCUT2D eigenvalue weighted by Crippen LogP contribution is 2.28. The Morgan fingerprint density at radius 1 is 1.19 bits per heavy atom. The predicted octanol–water partition coefficient (Wildman–Crippen LogP) is 3.92. The van der Waals surface area contributed by atoms with Crippen molar-refractivity contribution in [1.82, 2.24) is 30.1 Å². The molecule has 0 amide bonds. The number of allylic oxidation sites excluding steroid dienone is 6. The van der Waals surface area contributed by atoms with E-state index in [9.17, 15) is 4.39 Å². The molecule has 1 fully saturated rings. The van der Waals surface area contributed by atoms with Gasteiger partial charge in [-0.1, -0.05) is 26.0 Å². The van der Waals surface area contributed by atoms with Gasteiger partial charge in [-0.25, -0.2) is 19.3 Å². The first-order valence-corrected chi connectivity index (χ1v) is 12.9. The molecule has 4 heterocycles. The van der Waals surface area contributed by atoms with Gasteiger partial charge in [-0.3, -0.25) is 4.90 Å². The molecular formula is C28H35FN8. The van der Waals surface area contributed by atoms with E-state index >= 15 is 0 Å². The number of fused-ring (bicyclic) bond motifs is 1. The van der Waals surface area contributed by atoms with Crippen molar-refractivity contribution in [3.63, 3.8) is 0 Å². The average Bonchev–Trinajstić information content (AvgIpc) is 3.32. The summed E-state index contributed by atoms with van der Waals surface area (Å²) in [6.45, 7) is 8.34. The van der Waals surface area contributed by atoms with Gasteiger partial charge in [-0.05, 0) is 49.7 Å². The lowest BCUT2D eigenvalue weighted by Gasteiger charge is -2.33. The Bertz CT molecular complexity index is 1300. The van der Waals surface area contributed by atoms with E-state index in [1.54, 1.807) is 12.2 Å². The summed E-state index contributed by atoms with van der Waals surface area (Å²) < 4.78 is 14.8. The number of likely N-dealkylation sites (N-methyl/N-ethyl adjacent to an activating group) is 1. The second kappa shape index (κ2) is 10.5. The van der Waals surface area contributed by atoms with Crippen molar-refractivity contribution in [2.75, 3.05) is 39.0 Å². The third-order valence-electron chi connectivity index (χ3n) is 7.37. The Morgan fingerprint density at radius 3 is 2.76 bits per heavy atom. The topological polar surface area (TPSA) is 93.1 Å². The largest absolute Gasteiger partial charge is 0.391 e. The quantitative estimate of drug-likeness (QED) is 0.551. The Hall–Kier alpha value is -3.43. The first-order valence-electron chi connectivity index (χ1n) is 12.9. The van der Waals surface area contributed by atoms with E-state index in [1.807, 2.05) is 19.2 Å². The number of halogens is 1. The smallest absolute Gasteiger partial charge is 0.229 e. The number of rotatable bonds is 6. The maximum Gasteiger partial charge on any atom is 0.229 e. The average molecular weight is 503 g/mol. The zero-order chi connectivity index (χ0) is 26.1. The third-order valence-corrected chi connectivity index (χ3v) is 7.37. The number of nitrogens with zero attached hydrogens (tertiary/aromatic N) is 5. The van der Waals surface area contributed by atoms with E-state index in [-0.39, 0.29) is 17.6 Å². The molecule has 1 unspecified atom stereocenters. The molecule has 1 atom stereocenters. The molecule has 2 aromatic heterocycles. The second-order valence-corrected chi connectivity index (χ2v) is 10.3. The number of nitrogens with one attached hydrogen (secondary N) is 3. The maximum atomic E-state index is 14.8. The lowest BCUT2D eigenvalue weighted by atomic mass is 9.93. The molecule has 8 nitrogen and oxygen atoms in total. The van der Waals surface area contributed by atoms with Gasteiger partial charge in [-0.15, -0.1) is 0 Å². The van der Waals surface area contributed by atoms with Gasteiger partial charge >= 0.3 is 0 Å². The van der Waals surface area contributed by atoms with Crippen molar-refractivity contribution in [3.05, 3.63) is 70.6 Å². The minimum atomic E-state index is -0.513. The van der Waals surface area contributed by atoms with Gasteiger partial charge in [0.1, 0.15) is 11.5 Å². The van der Waals surface area contributed by atoms with Gasteiger partial charge in [0.2, 0.25) is 5.95 Å².